The number of anilines is 1. The molecule has 158 valence electrons. The molecule has 0 saturated heterocycles. The zero-order valence-corrected chi connectivity index (χ0v) is 18.5. The first-order chi connectivity index (χ1) is 14.9. The Labute approximate surface area is 189 Å². The number of ether oxygens (including phenoxy) is 1. The minimum atomic E-state index is -0.765. The Morgan fingerprint density at radius 3 is 2.74 bits per heavy atom. The number of carbonyl (C=O) groups excluding carboxylic acids is 1. The summed E-state index contributed by atoms with van der Waals surface area (Å²) in [6.07, 6.45) is 0.167. The van der Waals surface area contributed by atoms with Gasteiger partial charge in [0.15, 0.2) is 11.7 Å². The fraction of sp³-hybridized carbons (Fsp3) is 0.167. The molecule has 1 atom stereocenters. The molecule has 0 fully saturated rings. The quantitative estimate of drug-likeness (QED) is 0.349. The maximum absolute atomic E-state index is 12.6. The number of amides is 1. The van der Waals surface area contributed by atoms with Crippen LogP contribution in [0.25, 0.3) is 22.6 Å². The topological polar surface area (TPSA) is 64.4 Å². The molecule has 0 aliphatic heterocycles. The van der Waals surface area contributed by atoms with Gasteiger partial charge in [0, 0.05) is 16.3 Å². The van der Waals surface area contributed by atoms with Gasteiger partial charge < -0.3 is 14.5 Å². The van der Waals surface area contributed by atoms with Gasteiger partial charge in [0.2, 0.25) is 5.89 Å². The summed E-state index contributed by atoms with van der Waals surface area (Å²) in [4.78, 5) is 17.2. The molecular weight excluding hydrogens is 435 g/mol. The number of carbonyl (C=O) groups is 1. The normalized spacial score (nSPS) is 12.0. The lowest BCUT2D eigenvalue weighted by atomic mass is 10.1. The molecule has 0 saturated carbocycles. The van der Waals surface area contributed by atoms with E-state index in [2.05, 4.69) is 17.2 Å². The van der Waals surface area contributed by atoms with Gasteiger partial charge in [-0.3, -0.25) is 4.79 Å². The van der Waals surface area contributed by atoms with Gasteiger partial charge in [0.25, 0.3) is 5.91 Å². The van der Waals surface area contributed by atoms with Crippen molar-refractivity contribution in [3.63, 3.8) is 0 Å². The maximum atomic E-state index is 12.6. The maximum Gasteiger partial charge on any atom is 0.265 e. The van der Waals surface area contributed by atoms with Crippen molar-refractivity contribution in [2.75, 3.05) is 5.32 Å². The van der Waals surface area contributed by atoms with E-state index in [4.69, 9.17) is 32.4 Å². The summed E-state index contributed by atoms with van der Waals surface area (Å²) < 4.78 is 11.6. The molecule has 1 amide bonds. The molecule has 7 heteroatoms. The lowest BCUT2D eigenvalue weighted by molar-refractivity contribution is -0.122. The average molecular weight is 455 g/mol. The van der Waals surface area contributed by atoms with E-state index in [0.29, 0.717) is 27.4 Å². The van der Waals surface area contributed by atoms with Crippen molar-refractivity contribution in [2.45, 2.75) is 26.4 Å². The first-order valence-electron chi connectivity index (χ1n) is 9.85. The van der Waals surface area contributed by atoms with E-state index in [0.717, 1.165) is 23.1 Å². The molecule has 1 N–H and O–H groups in total. The zero-order chi connectivity index (χ0) is 22.0. The minimum Gasteiger partial charge on any atom is -0.479 e. The van der Waals surface area contributed by atoms with Gasteiger partial charge in [-0.2, -0.15) is 0 Å². The van der Waals surface area contributed by atoms with Crippen LogP contribution in [-0.2, 0) is 11.2 Å². The van der Waals surface area contributed by atoms with Gasteiger partial charge in [0.05, 0.1) is 5.02 Å². The molecule has 4 aromatic rings. The van der Waals surface area contributed by atoms with Crippen LogP contribution in [0.5, 0.6) is 5.75 Å². The zero-order valence-electron chi connectivity index (χ0n) is 17.0. The smallest absolute Gasteiger partial charge is 0.265 e. The number of hydrogen-bond donors (Lipinski definition) is 1. The summed E-state index contributed by atoms with van der Waals surface area (Å²) >= 11 is 12.0. The van der Waals surface area contributed by atoms with Crippen molar-refractivity contribution < 1.29 is 13.9 Å². The molecule has 0 spiro atoms. The van der Waals surface area contributed by atoms with Crippen molar-refractivity contribution in [1.82, 2.24) is 4.98 Å². The summed E-state index contributed by atoms with van der Waals surface area (Å²) in [5, 5.41) is 3.69. The van der Waals surface area contributed by atoms with Crippen LogP contribution in [0.15, 0.2) is 65.1 Å². The number of hydrogen-bond acceptors (Lipinski definition) is 4. The Bertz CT molecular complexity index is 1250. The third kappa shape index (κ3) is 4.84. The highest BCUT2D eigenvalue weighted by molar-refractivity contribution is 6.35. The van der Waals surface area contributed by atoms with E-state index in [9.17, 15) is 4.79 Å². The summed E-state index contributed by atoms with van der Waals surface area (Å²) in [7, 11) is 0. The summed E-state index contributed by atoms with van der Waals surface area (Å²) in [6.45, 7) is 3.75. The van der Waals surface area contributed by atoms with Crippen LogP contribution in [0.1, 0.15) is 19.4 Å². The molecule has 0 aliphatic rings. The van der Waals surface area contributed by atoms with E-state index in [-0.39, 0.29) is 5.91 Å². The van der Waals surface area contributed by atoms with E-state index in [1.165, 1.54) is 5.56 Å². The Balaban J connectivity index is 1.49. The lowest BCUT2D eigenvalue weighted by Gasteiger charge is -2.16. The number of rotatable bonds is 6. The lowest BCUT2D eigenvalue weighted by Crippen LogP contribution is -2.30. The van der Waals surface area contributed by atoms with Gasteiger partial charge in [-0.1, -0.05) is 42.3 Å². The highest BCUT2D eigenvalue weighted by Crippen LogP contribution is 2.29. The Morgan fingerprint density at radius 1 is 1.13 bits per heavy atom. The van der Waals surface area contributed by atoms with E-state index >= 15 is 0 Å². The number of nitrogens with one attached hydrogen (secondary N) is 1. The predicted molar refractivity (Wildman–Crippen MR) is 124 cm³/mol. The molecule has 1 heterocycles. The standard InChI is InChI=1S/C24H20Cl2N2O3/c1-3-15-7-9-22-20(11-15)28-24(31-22)16-5-4-6-18(12-16)27-23(29)14(2)30-21-10-8-17(25)13-19(21)26/h4-14H,3H2,1-2H3,(H,27,29). The molecular formula is C24H20Cl2N2O3. The van der Waals surface area contributed by atoms with Gasteiger partial charge in [0.1, 0.15) is 11.3 Å². The fourth-order valence-electron chi connectivity index (χ4n) is 3.11. The second-order valence-corrected chi connectivity index (χ2v) is 7.92. The minimum absolute atomic E-state index is 0.312. The number of fused-ring (bicyclic) bond motifs is 1. The highest BCUT2D eigenvalue weighted by atomic mass is 35.5. The van der Waals surface area contributed by atoms with E-state index < -0.39 is 6.10 Å². The Morgan fingerprint density at radius 2 is 1.97 bits per heavy atom. The molecule has 31 heavy (non-hydrogen) atoms. The molecule has 0 bridgehead atoms. The van der Waals surface area contributed by atoms with Crippen LogP contribution in [0, 0.1) is 0 Å². The van der Waals surface area contributed by atoms with E-state index in [1.54, 1.807) is 31.2 Å². The van der Waals surface area contributed by atoms with Crippen LogP contribution >= 0.6 is 23.2 Å². The Hall–Kier alpha value is -3.02. The van der Waals surface area contributed by atoms with Crippen LogP contribution in [0.3, 0.4) is 0 Å². The molecule has 5 nitrogen and oxygen atoms in total. The van der Waals surface area contributed by atoms with Crippen LogP contribution in [0.4, 0.5) is 5.69 Å². The van der Waals surface area contributed by atoms with E-state index in [1.807, 2.05) is 36.4 Å². The first kappa shape index (κ1) is 21.2. The van der Waals surface area contributed by atoms with Crippen LogP contribution in [-0.4, -0.2) is 17.0 Å². The number of halogens is 2. The molecule has 0 radical (unpaired) electrons. The average Bonchev–Trinajstić information content (AvgIpc) is 3.19. The Kier molecular flexibility index (Phi) is 6.16. The van der Waals surface area contributed by atoms with Crippen LogP contribution in [0.2, 0.25) is 10.0 Å². The third-order valence-corrected chi connectivity index (χ3v) is 5.33. The molecule has 1 aromatic heterocycles. The SMILES string of the molecule is CCc1ccc2oc(-c3cccc(NC(=O)C(C)Oc4ccc(Cl)cc4Cl)c3)nc2c1. The molecule has 1 unspecified atom stereocenters. The monoisotopic (exact) mass is 454 g/mol. The molecule has 3 aromatic carbocycles. The predicted octanol–water partition coefficient (Wildman–Crippen LogP) is 6.77. The molecule has 0 aliphatic carbocycles. The summed E-state index contributed by atoms with van der Waals surface area (Å²) in [5.41, 5.74) is 4.11. The van der Waals surface area contributed by atoms with Gasteiger partial charge in [-0.05, 0) is 67.4 Å². The second kappa shape index (κ2) is 9.00. The number of aryl methyl sites for hydroxylation is 1. The van der Waals surface area contributed by atoms with Crippen molar-refractivity contribution in [1.29, 1.82) is 0 Å². The summed E-state index contributed by atoms with van der Waals surface area (Å²) in [6, 6.07) is 18.2. The third-order valence-electron chi connectivity index (χ3n) is 4.80. The summed E-state index contributed by atoms with van der Waals surface area (Å²) in [5.74, 6) is 0.574. The van der Waals surface area contributed by atoms with Gasteiger partial charge in [-0.15, -0.1) is 0 Å². The number of nitrogens with zero attached hydrogens (tertiary/aromatic N) is 1. The highest BCUT2D eigenvalue weighted by Gasteiger charge is 2.17. The molecule has 4 rings (SSSR count). The van der Waals surface area contributed by atoms with Gasteiger partial charge in [-0.25, -0.2) is 4.98 Å². The largest absolute Gasteiger partial charge is 0.479 e. The van der Waals surface area contributed by atoms with Crippen molar-refractivity contribution in [3.05, 3.63) is 76.3 Å². The number of aromatic nitrogens is 1. The van der Waals surface area contributed by atoms with Crippen molar-refractivity contribution in [2.24, 2.45) is 0 Å². The second-order valence-electron chi connectivity index (χ2n) is 7.08. The van der Waals surface area contributed by atoms with Crippen molar-refractivity contribution >= 4 is 45.9 Å². The first-order valence-corrected chi connectivity index (χ1v) is 10.6. The van der Waals surface area contributed by atoms with Crippen LogP contribution < -0.4 is 10.1 Å². The number of oxazole rings is 1. The fourth-order valence-corrected chi connectivity index (χ4v) is 3.56. The van der Waals surface area contributed by atoms with Crippen molar-refractivity contribution in [3.8, 4) is 17.2 Å². The van der Waals surface area contributed by atoms with Gasteiger partial charge >= 0.3 is 0 Å². The number of benzene rings is 3.